The number of fused-ring (bicyclic) bond motifs is 2. The van der Waals surface area contributed by atoms with Crippen LogP contribution in [-0.2, 0) is 11.2 Å². The summed E-state index contributed by atoms with van der Waals surface area (Å²) < 4.78 is 0. The van der Waals surface area contributed by atoms with Crippen molar-refractivity contribution in [3.63, 3.8) is 0 Å². The van der Waals surface area contributed by atoms with Crippen LogP contribution in [0.15, 0.2) is 48.5 Å². The molecule has 2 atom stereocenters. The number of nitrogens with one attached hydrogen (secondary N) is 2. The molecule has 1 aliphatic heterocycles. The van der Waals surface area contributed by atoms with Crippen LogP contribution in [0.2, 0.25) is 0 Å². The van der Waals surface area contributed by atoms with Crippen LogP contribution in [0.25, 0.3) is 22.0 Å². The minimum Gasteiger partial charge on any atom is -0.358 e. The van der Waals surface area contributed by atoms with E-state index in [1.165, 1.54) is 29.5 Å². The Kier molecular flexibility index (Phi) is 4.96. The molecule has 3 aromatic rings. The molecule has 0 radical (unpaired) electrons. The summed E-state index contributed by atoms with van der Waals surface area (Å²) in [7, 11) is 0. The van der Waals surface area contributed by atoms with Crippen molar-refractivity contribution in [2.24, 2.45) is 5.41 Å². The summed E-state index contributed by atoms with van der Waals surface area (Å²) in [6.07, 6.45) is 5.26. The summed E-state index contributed by atoms with van der Waals surface area (Å²) in [4.78, 5) is 17.8. The molecule has 1 saturated carbocycles. The molecule has 2 aliphatic rings. The summed E-state index contributed by atoms with van der Waals surface area (Å²) in [5, 5.41) is 7.79. The molecule has 1 unspecified atom stereocenters. The van der Waals surface area contributed by atoms with E-state index in [0.29, 0.717) is 11.8 Å². The molecule has 1 aromatic heterocycles. The van der Waals surface area contributed by atoms with E-state index in [0.717, 1.165) is 35.1 Å². The van der Waals surface area contributed by atoms with Crippen LogP contribution in [0.1, 0.15) is 50.7 Å². The molecule has 2 heterocycles. The first-order valence-corrected chi connectivity index (χ1v) is 11.4. The molecule has 0 bridgehead atoms. The molecule has 4 nitrogen and oxygen atoms in total. The number of hydrogen-bond acceptors (Lipinski definition) is 3. The van der Waals surface area contributed by atoms with Crippen molar-refractivity contribution >= 4 is 22.6 Å². The molecular weight excluding hydrogens is 382 g/mol. The maximum atomic E-state index is 13.0. The van der Waals surface area contributed by atoms with Gasteiger partial charge in [-0.3, -0.25) is 4.79 Å². The average Bonchev–Trinajstić information content (AvgIpc) is 3.14. The predicted molar refractivity (Wildman–Crippen MR) is 127 cm³/mol. The van der Waals surface area contributed by atoms with E-state index in [2.05, 4.69) is 79.9 Å². The third kappa shape index (κ3) is 4.04. The SMILES string of the molecule is Cc1ccccc1-c1ccc2nc3c(cc2c1)C[C@H](C(=O)NC1CCCC(C)(C)C1)N3. The van der Waals surface area contributed by atoms with Crippen LogP contribution >= 0.6 is 0 Å². The first-order chi connectivity index (χ1) is 14.9. The Labute approximate surface area is 184 Å². The zero-order valence-electron chi connectivity index (χ0n) is 18.7. The monoisotopic (exact) mass is 413 g/mol. The number of rotatable bonds is 3. The number of pyridine rings is 1. The van der Waals surface area contributed by atoms with Crippen molar-refractivity contribution in [1.29, 1.82) is 0 Å². The number of nitrogens with zero attached hydrogens (tertiary/aromatic N) is 1. The minimum absolute atomic E-state index is 0.102. The summed E-state index contributed by atoms with van der Waals surface area (Å²) in [6.45, 7) is 6.74. The maximum Gasteiger partial charge on any atom is 0.243 e. The van der Waals surface area contributed by atoms with Gasteiger partial charge in [-0.2, -0.15) is 0 Å². The number of carbonyl (C=O) groups excluding carboxylic acids is 1. The van der Waals surface area contributed by atoms with Gasteiger partial charge in [0.1, 0.15) is 11.9 Å². The Morgan fingerprint density at radius 2 is 2.00 bits per heavy atom. The molecule has 1 fully saturated rings. The highest BCUT2D eigenvalue weighted by atomic mass is 16.2. The van der Waals surface area contributed by atoms with Crippen molar-refractivity contribution in [2.45, 2.75) is 65.0 Å². The fourth-order valence-electron chi connectivity index (χ4n) is 5.28. The van der Waals surface area contributed by atoms with Crippen LogP contribution in [0.5, 0.6) is 0 Å². The van der Waals surface area contributed by atoms with E-state index < -0.39 is 0 Å². The molecule has 1 amide bonds. The molecule has 5 rings (SSSR count). The quantitative estimate of drug-likeness (QED) is 0.585. The maximum absolute atomic E-state index is 13.0. The molecular formula is C27H31N3O. The number of hydrogen-bond donors (Lipinski definition) is 2. The summed E-state index contributed by atoms with van der Waals surface area (Å²) in [5.41, 5.74) is 6.11. The van der Waals surface area contributed by atoms with Gasteiger partial charge in [-0.15, -0.1) is 0 Å². The lowest BCUT2D eigenvalue weighted by Gasteiger charge is -2.36. The predicted octanol–water partition coefficient (Wildman–Crippen LogP) is 5.63. The second-order valence-corrected chi connectivity index (χ2v) is 10.1. The topological polar surface area (TPSA) is 54.0 Å². The molecule has 160 valence electrons. The molecule has 1 aliphatic carbocycles. The highest BCUT2D eigenvalue weighted by molar-refractivity contribution is 5.91. The number of anilines is 1. The first-order valence-electron chi connectivity index (χ1n) is 11.4. The van der Waals surface area contributed by atoms with Crippen molar-refractivity contribution in [2.75, 3.05) is 5.32 Å². The summed E-state index contributed by atoms with van der Waals surface area (Å²) >= 11 is 0. The van der Waals surface area contributed by atoms with Crippen LogP contribution in [0.3, 0.4) is 0 Å². The molecule has 0 spiro atoms. The largest absolute Gasteiger partial charge is 0.358 e. The number of carbonyl (C=O) groups is 1. The Hall–Kier alpha value is -2.88. The van der Waals surface area contributed by atoms with Crippen molar-refractivity contribution < 1.29 is 4.79 Å². The van der Waals surface area contributed by atoms with Gasteiger partial charge in [-0.05, 0) is 72.1 Å². The van der Waals surface area contributed by atoms with Gasteiger partial charge in [-0.25, -0.2) is 4.98 Å². The van der Waals surface area contributed by atoms with Crippen molar-refractivity contribution in [3.05, 3.63) is 59.7 Å². The van der Waals surface area contributed by atoms with Gasteiger partial charge in [0, 0.05) is 17.8 Å². The summed E-state index contributed by atoms with van der Waals surface area (Å²) in [6, 6.07) is 17.1. The van der Waals surface area contributed by atoms with Gasteiger partial charge in [0.2, 0.25) is 5.91 Å². The lowest BCUT2D eigenvalue weighted by atomic mass is 9.75. The van der Waals surface area contributed by atoms with Crippen LogP contribution in [0.4, 0.5) is 5.82 Å². The third-order valence-corrected chi connectivity index (χ3v) is 6.95. The zero-order chi connectivity index (χ0) is 21.6. The Morgan fingerprint density at radius 3 is 2.81 bits per heavy atom. The zero-order valence-corrected chi connectivity index (χ0v) is 18.7. The molecule has 31 heavy (non-hydrogen) atoms. The van der Waals surface area contributed by atoms with E-state index in [1.54, 1.807) is 0 Å². The minimum atomic E-state index is -0.236. The van der Waals surface area contributed by atoms with E-state index in [4.69, 9.17) is 4.98 Å². The Balaban J connectivity index is 1.35. The Morgan fingerprint density at radius 1 is 1.16 bits per heavy atom. The van der Waals surface area contributed by atoms with E-state index in [-0.39, 0.29) is 18.0 Å². The van der Waals surface area contributed by atoms with Gasteiger partial charge < -0.3 is 10.6 Å². The molecule has 2 N–H and O–H groups in total. The lowest BCUT2D eigenvalue weighted by molar-refractivity contribution is -0.122. The van der Waals surface area contributed by atoms with Crippen molar-refractivity contribution in [3.8, 4) is 11.1 Å². The highest BCUT2D eigenvalue weighted by Crippen LogP contribution is 2.36. The number of aromatic nitrogens is 1. The fraction of sp³-hybridized carbons (Fsp3) is 0.407. The molecule has 0 saturated heterocycles. The average molecular weight is 414 g/mol. The number of amides is 1. The van der Waals surface area contributed by atoms with Gasteiger partial charge in [0.25, 0.3) is 0 Å². The molecule has 4 heteroatoms. The van der Waals surface area contributed by atoms with E-state index in [1.807, 2.05) is 0 Å². The lowest BCUT2D eigenvalue weighted by Crippen LogP contribution is -2.46. The summed E-state index contributed by atoms with van der Waals surface area (Å²) in [5.74, 6) is 0.950. The first kappa shape index (κ1) is 20.0. The van der Waals surface area contributed by atoms with Crippen molar-refractivity contribution in [1.82, 2.24) is 10.3 Å². The third-order valence-electron chi connectivity index (χ3n) is 6.95. The fourth-order valence-corrected chi connectivity index (χ4v) is 5.28. The van der Waals surface area contributed by atoms with Crippen LogP contribution in [0, 0.1) is 12.3 Å². The smallest absolute Gasteiger partial charge is 0.243 e. The number of benzene rings is 2. The van der Waals surface area contributed by atoms with Gasteiger partial charge in [0.05, 0.1) is 5.52 Å². The van der Waals surface area contributed by atoms with Crippen LogP contribution < -0.4 is 10.6 Å². The second kappa shape index (κ2) is 7.67. The van der Waals surface area contributed by atoms with E-state index >= 15 is 0 Å². The normalized spacial score (nSPS) is 22.0. The molecule has 2 aromatic carbocycles. The van der Waals surface area contributed by atoms with E-state index in [9.17, 15) is 4.79 Å². The second-order valence-electron chi connectivity index (χ2n) is 10.1. The standard InChI is InChI=1S/C27H31N3O/c1-17-7-4-5-9-22(17)18-10-11-23-19(13-18)14-20-15-24(30-25(20)29-23)26(31)28-21-8-6-12-27(2,3)16-21/h4-5,7,9-11,13-14,21,24H,6,8,12,15-16H2,1-3H3,(H,28,31)(H,29,30)/t21?,24-/m1/s1. The number of aryl methyl sites for hydroxylation is 1. The van der Waals surface area contributed by atoms with Gasteiger partial charge in [0.15, 0.2) is 0 Å². The van der Waals surface area contributed by atoms with Gasteiger partial charge in [-0.1, -0.05) is 50.6 Å². The highest BCUT2D eigenvalue weighted by Gasteiger charge is 2.33. The van der Waals surface area contributed by atoms with Crippen LogP contribution in [-0.4, -0.2) is 23.0 Å². The van der Waals surface area contributed by atoms with Gasteiger partial charge >= 0.3 is 0 Å². The Bertz CT molecular complexity index is 1150.